The molecule has 0 atom stereocenters. The number of fused-ring (bicyclic) bond motifs is 3. The van der Waals surface area contributed by atoms with E-state index >= 15 is 0 Å². The molecule has 0 saturated carbocycles. The minimum Gasteiger partial charge on any atom is -0.430 e. The molecule has 0 radical (unpaired) electrons. The largest absolute Gasteiger partial charge is 0.430 e. The number of nitrogens with zero attached hydrogens (tertiary/aromatic N) is 3. The van der Waals surface area contributed by atoms with Crippen LogP contribution < -0.4 is 4.68 Å². The van der Waals surface area contributed by atoms with E-state index in [1.165, 1.54) is 16.0 Å². The van der Waals surface area contributed by atoms with Crippen LogP contribution in [0.15, 0.2) is 35.0 Å². The Labute approximate surface area is 119 Å². The van der Waals surface area contributed by atoms with Crippen LogP contribution in [0.2, 0.25) is 0 Å². The van der Waals surface area contributed by atoms with Crippen LogP contribution in [0.1, 0.15) is 11.5 Å². The molecule has 100 valence electrons. The Morgan fingerprint density at radius 3 is 2.90 bits per heavy atom. The van der Waals surface area contributed by atoms with Gasteiger partial charge in [-0.05, 0) is 12.5 Å². The fraction of sp³-hybridized carbons (Fsp3) is 0.200. The SMILES string of the molecule is Cc1nc2c(o1)sc1c(-n3ccc[n+]3C)c(C)ccc12. The molecule has 0 bridgehead atoms. The van der Waals surface area contributed by atoms with Gasteiger partial charge in [-0.3, -0.25) is 0 Å². The zero-order valence-corrected chi connectivity index (χ0v) is 12.4. The van der Waals surface area contributed by atoms with Crippen molar-refractivity contribution in [2.45, 2.75) is 13.8 Å². The molecule has 3 heterocycles. The summed E-state index contributed by atoms with van der Waals surface area (Å²) < 4.78 is 11.1. The number of hydrogen-bond acceptors (Lipinski definition) is 3. The summed E-state index contributed by atoms with van der Waals surface area (Å²) in [7, 11) is 2.04. The third-order valence-electron chi connectivity index (χ3n) is 3.58. The maximum absolute atomic E-state index is 5.69. The quantitative estimate of drug-likeness (QED) is 0.503. The lowest BCUT2D eigenvalue weighted by molar-refractivity contribution is -0.744. The highest BCUT2D eigenvalue weighted by atomic mass is 32.1. The molecule has 0 aliphatic rings. The van der Waals surface area contributed by atoms with E-state index in [4.69, 9.17) is 4.42 Å². The van der Waals surface area contributed by atoms with Crippen molar-refractivity contribution >= 4 is 31.8 Å². The molecule has 0 N–H and O–H groups in total. The van der Waals surface area contributed by atoms with Gasteiger partial charge in [-0.25, -0.2) is 4.98 Å². The molecule has 0 fully saturated rings. The van der Waals surface area contributed by atoms with Gasteiger partial charge >= 0.3 is 0 Å². The summed E-state index contributed by atoms with van der Waals surface area (Å²) in [5.41, 5.74) is 3.41. The van der Waals surface area contributed by atoms with Crippen LogP contribution in [-0.4, -0.2) is 9.67 Å². The van der Waals surface area contributed by atoms with E-state index in [0.717, 1.165) is 21.7 Å². The van der Waals surface area contributed by atoms with Gasteiger partial charge in [0.2, 0.25) is 4.90 Å². The minimum atomic E-state index is 0.724. The lowest BCUT2D eigenvalue weighted by atomic mass is 10.1. The number of hydrogen-bond donors (Lipinski definition) is 0. The molecule has 0 amide bonds. The normalized spacial score (nSPS) is 11.8. The van der Waals surface area contributed by atoms with E-state index in [9.17, 15) is 0 Å². The van der Waals surface area contributed by atoms with Gasteiger partial charge in [-0.15, -0.1) is 9.36 Å². The van der Waals surface area contributed by atoms with Crippen LogP contribution in [0.25, 0.3) is 26.2 Å². The van der Waals surface area contributed by atoms with Gasteiger partial charge in [-0.1, -0.05) is 23.5 Å². The van der Waals surface area contributed by atoms with Gasteiger partial charge in [0.25, 0.3) is 0 Å². The lowest BCUT2D eigenvalue weighted by Gasteiger charge is -2.06. The van der Waals surface area contributed by atoms with E-state index in [0.29, 0.717) is 0 Å². The summed E-state index contributed by atoms with van der Waals surface area (Å²) in [4.78, 5) is 5.41. The first kappa shape index (κ1) is 11.7. The Morgan fingerprint density at radius 1 is 1.30 bits per heavy atom. The number of aryl methyl sites for hydroxylation is 3. The van der Waals surface area contributed by atoms with Crippen LogP contribution >= 0.6 is 11.3 Å². The van der Waals surface area contributed by atoms with E-state index in [1.807, 2.05) is 26.2 Å². The first-order chi connectivity index (χ1) is 9.65. The Bertz CT molecular complexity index is 945. The van der Waals surface area contributed by atoms with Gasteiger partial charge in [0.05, 0.1) is 10.9 Å². The van der Waals surface area contributed by atoms with Gasteiger partial charge in [0.15, 0.2) is 19.1 Å². The number of rotatable bonds is 1. The molecule has 0 aliphatic carbocycles. The molecule has 3 aromatic heterocycles. The van der Waals surface area contributed by atoms with Gasteiger partial charge in [0, 0.05) is 18.4 Å². The molecule has 0 aliphatic heterocycles. The van der Waals surface area contributed by atoms with Gasteiger partial charge < -0.3 is 4.42 Å². The highest BCUT2D eigenvalue weighted by molar-refractivity contribution is 7.25. The van der Waals surface area contributed by atoms with Crippen molar-refractivity contribution in [1.82, 2.24) is 9.67 Å². The molecule has 4 nitrogen and oxygen atoms in total. The second-order valence-corrected chi connectivity index (χ2v) is 5.97. The van der Waals surface area contributed by atoms with Crippen molar-refractivity contribution < 1.29 is 9.10 Å². The average molecular weight is 284 g/mol. The molecule has 1 aromatic carbocycles. The van der Waals surface area contributed by atoms with E-state index < -0.39 is 0 Å². The monoisotopic (exact) mass is 284 g/mol. The molecule has 20 heavy (non-hydrogen) atoms. The maximum atomic E-state index is 5.69. The fourth-order valence-corrected chi connectivity index (χ4v) is 3.86. The van der Waals surface area contributed by atoms with E-state index in [1.54, 1.807) is 11.3 Å². The predicted octanol–water partition coefficient (Wildman–Crippen LogP) is 3.27. The third kappa shape index (κ3) is 1.47. The zero-order chi connectivity index (χ0) is 13.9. The van der Waals surface area contributed by atoms with E-state index in [2.05, 4.69) is 39.6 Å². The fourth-order valence-electron chi connectivity index (χ4n) is 2.64. The van der Waals surface area contributed by atoms with Crippen molar-refractivity contribution in [2.75, 3.05) is 0 Å². The molecular weight excluding hydrogens is 270 g/mol. The number of aromatic nitrogens is 3. The lowest BCUT2D eigenvalue weighted by Crippen LogP contribution is -2.37. The maximum Gasteiger partial charge on any atom is 0.209 e. The molecule has 4 aromatic rings. The number of benzene rings is 1. The van der Waals surface area contributed by atoms with Crippen molar-refractivity contribution in [1.29, 1.82) is 0 Å². The Hall–Kier alpha value is -2.14. The van der Waals surface area contributed by atoms with Crippen LogP contribution in [0.4, 0.5) is 0 Å². The summed E-state index contributed by atoms with van der Waals surface area (Å²) in [5, 5.41) is 1.16. The molecular formula is C15H14N3OS+. The zero-order valence-electron chi connectivity index (χ0n) is 11.5. The number of oxazole rings is 1. The molecule has 0 unspecified atom stereocenters. The highest BCUT2D eigenvalue weighted by Gasteiger charge is 2.19. The second kappa shape index (κ2) is 3.93. The van der Waals surface area contributed by atoms with Crippen molar-refractivity contribution in [3.8, 4) is 5.69 Å². The van der Waals surface area contributed by atoms with Crippen molar-refractivity contribution in [3.05, 3.63) is 42.0 Å². The molecule has 0 saturated heterocycles. The predicted molar refractivity (Wildman–Crippen MR) is 79.4 cm³/mol. The second-order valence-electron chi connectivity index (χ2n) is 4.99. The van der Waals surface area contributed by atoms with Gasteiger partial charge in [0.1, 0.15) is 11.2 Å². The van der Waals surface area contributed by atoms with Gasteiger partial charge in [-0.2, -0.15) is 0 Å². The van der Waals surface area contributed by atoms with E-state index in [-0.39, 0.29) is 0 Å². The Morgan fingerprint density at radius 2 is 2.15 bits per heavy atom. The highest BCUT2D eigenvalue weighted by Crippen LogP contribution is 2.38. The standard InChI is InChI=1S/C15H14N3OS/c1-9-5-6-11-12-15(19-10(2)16-12)20-14(11)13(9)18-8-4-7-17(18)3/h4-8H,1-3H3/q+1. The molecule has 5 heteroatoms. The molecule has 4 rings (SSSR count). The van der Waals surface area contributed by atoms with Crippen LogP contribution in [-0.2, 0) is 7.05 Å². The minimum absolute atomic E-state index is 0.724. The summed E-state index contributed by atoms with van der Waals surface area (Å²) in [6.07, 6.45) is 4.11. The first-order valence-electron chi connectivity index (χ1n) is 6.48. The average Bonchev–Trinajstić information content (AvgIpc) is 3.04. The van der Waals surface area contributed by atoms with Crippen LogP contribution in [0, 0.1) is 13.8 Å². The number of thiophene rings is 1. The topological polar surface area (TPSA) is 34.8 Å². The van der Waals surface area contributed by atoms with Crippen molar-refractivity contribution in [3.63, 3.8) is 0 Å². The smallest absolute Gasteiger partial charge is 0.209 e. The molecule has 0 spiro atoms. The Kier molecular flexibility index (Phi) is 2.29. The summed E-state index contributed by atoms with van der Waals surface area (Å²) in [6.45, 7) is 4.02. The third-order valence-corrected chi connectivity index (χ3v) is 4.66. The first-order valence-corrected chi connectivity index (χ1v) is 7.29. The van der Waals surface area contributed by atoms with Crippen LogP contribution in [0.3, 0.4) is 0 Å². The summed E-state index contributed by atoms with van der Waals surface area (Å²) in [5.74, 6) is 0.724. The summed E-state index contributed by atoms with van der Waals surface area (Å²) >= 11 is 1.67. The van der Waals surface area contributed by atoms with Crippen molar-refractivity contribution in [2.24, 2.45) is 7.05 Å². The summed E-state index contributed by atoms with van der Waals surface area (Å²) in [6, 6.07) is 6.32. The van der Waals surface area contributed by atoms with Crippen LogP contribution in [0.5, 0.6) is 0 Å². The Balaban J connectivity index is 2.16.